The lowest BCUT2D eigenvalue weighted by Gasteiger charge is -1.95. The van der Waals surface area contributed by atoms with Gasteiger partial charge in [0.2, 0.25) is 5.89 Å². The van der Waals surface area contributed by atoms with Gasteiger partial charge in [0.15, 0.2) is 11.0 Å². The Bertz CT molecular complexity index is 688. The second-order valence-electron chi connectivity index (χ2n) is 4.07. The molecule has 0 fully saturated rings. The lowest BCUT2D eigenvalue weighted by molar-refractivity contribution is 0.388. The number of rotatable bonds is 3. The molecule has 0 aliphatic rings. The minimum atomic E-state index is 0.524. The third-order valence-corrected chi connectivity index (χ3v) is 3.49. The van der Waals surface area contributed by atoms with Crippen molar-refractivity contribution >= 4 is 26.7 Å². The minimum absolute atomic E-state index is 0.524. The molecular formula is C12H12N4OS. The fourth-order valence-electron chi connectivity index (χ4n) is 1.68. The summed E-state index contributed by atoms with van der Waals surface area (Å²) in [6.45, 7) is 4.38. The SMILES string of the molecule is Cc1ccc2nc(NCc3noc(C)n3)sc2c1. The van der Waals surface area contributed by atoms with Crippen molar-refractivity contribution in [2.45, 2.75) is 20.4 Å². The van der Waals surface area contributed by atoms with Gasteiger partial charge in [0.05, 0.1) is 16.8 Å². The fourth-order valence-corrected chi connectivity index (χ4v) is 2.63. The average Bonchev–Trinajstić information content (AvgIpc) is 2.92. The topological polar surface area (TPSA) is 63.8 Å². The number of thiazole rings is 1. The van der Waals surface area contributed by atoms with E-state index in [-0.39, 0.29) is 0 Å². The van der Waals surface area contributed by atoms with Crippen molar-refractivity contribution in [3.05, 3.63) is 35.5 Å². The molecule has 0 unspecified atom stereocenters. The maximum absolute atomic E-state index is 4.91. The molecular weight excluding hydrogens is 248 g/mol. The smallest absolute Gasteiger partial charge is 0.223 e. The summed E-state index contributed by atoms with van der Waals surface area (Å²) in [5, 5.41) is 7.91. The van der Waals surface area contributed by atoms with Crippen LogP contribution in [-0.4, -0.2) is 15.1 Å². The Balaban J connectivity index is 1.78. The van der Waals surface area contributed by atoms with Crippen LogP contribution in [0.25, 0.3) is 10.2 Å². The number of fused-ring (bicyclic) bond motifs is 1. The highest BCUT2D eigenvalue weighted by molar-refractivity contribution is 7.22. The Hall–Kier alpha value is -1.95. The van der Waals surface area contributed by atoms with Crippen LogP contribution in [0.5, 0.6) is 0 Å². The molecule has 92 valence electrons. The van der Waals surface area contributed by atoms with Gasteiger partial charge in [0, 0.05) is 6.92 Å². The Kier molecular flexibility index (Phi) is 2.71. The van der Waals surface area contributed by atoms with E-state index in [1.807, 2.05) is 6.07 Å². The highest BCUT2D eigenvalue weighted by Crippen LogP contribution is 2.26. The van der Waals surface area contributed by atoms with Gasteiger partial charge < -0.3 is 9.84 Å². The standard InChI is InChI=1S/C12H12N4OS/c1-7-3-4-9-10(5-7)18-12(15-9)13-6-11-14-8(2)17-16-11/h3-5H,6H2,1-2H3,(H,13,15). The molecule has 2 heterocycles. The first kappa shape index (κ1) is 11.2. The predicted molar refractivity (Wildman–Crippen MR) is 70.7 cm³/mol. The molecule has 0 radical (unpaired) electrons. The molecule has 0 saturated heterocycles. The summed E-state index contributed by atoms with van der Waals surface area (Å²) in [4.78, 5) is 8.63. The molecule has 0 bridgehead atoms. The van der Waals surface area contributed by atoms with Crippen molar-refractivity contribution in [2.24, 2.45) is 0 Å². The average molecular weight is 260 g/mol. The van der Waals surface area contributed by atoms with Crippen molar-refractivity contribution in [1.29, 1.82) is 0 Å². The van der Waals surface area contributed by atoms with Crippen LogP contribution in [0, 0.1) is 13.8 Å². The number of benzene rings is 1. The number of anilines is 1. The molecule has 3 rings (SSSR count). The maximum Gasteiger partial charge on any atom is 0.223 e. The Morgan fingerprint density at radius 3 is 2.94 bits per heavy atom. The molecule has 0 amide bonds. The van der Waals surface area contributed by atoms with E-state index < -0.39 is 0 Å². The summed E-state index contributed by atoms with van der Waals surface area (Å²) in [5.74, 6) is 1.22. The third kappa shape index (κ3) is 2.19. The summed E-state index contributed by atoms with van der Waals surface area (Å²) in [5.41, 5.74) is 2.25. The Morgan fingerprint density at radius 2 is 2.17 bits per heavy atom. The first-order valence-electron chi connectivity index (χ1n) is 5.61. The molecule has 18 heavy (non-hydrogen) atoms. The molecule has 0 aliphatic heterocycles. The van der Waals surface area contributed by atoms with E-state index in [4.69, 9.17) is 4.52 Å². The molecule has 1 N–H and O–H groups in total. The number of hydrogen-bond acceptors (Lipinski definition) is 6. The summed E-state index contributed by atoms with van der Waals surface area (Å²) >= 11 is 1.63. The number of hydrogen-bond donors (Lipinski definition) is 1. The molecule has 0 atom stereocenters. The lowest BCUT2D eigenvalue weighted by Crippen LogP contribution is -2.00. The zero-order chi connectivity index (χ0) is 12.5. The first-order valence-corrected chi connectivity index (χ1v) is 6.42. The third-order valence-electron chi connectivity index (χ3n) is 2.51. The van der Waals surface area contributed by atoms with Crippen LogP contribution in [0.2, 0.25) is 0 Å². The van der Waals surface area contributed by atoms with Crippen molar-refractivity contribution in [1.82, 2.24) is 15.1 Å². The van der Waals surface area contributed by atoms with Gasteiger partial charge in [-0.05, 0) is 24.6 Å². The Morgan fingerprint density at radius 1 is 1.28 bits per heavy atom. The minimum Gasteiger partial charge on any atom is -0.354 e. The number of nitrogens with one attached hydrogen (secondary N) is 1. The van der Waals surface area contributed by atoms with E-state index in [2.05, 4.69) is 39.5 Å². The van der Waals surface area contributed by atoms with Crippen LogP contribution in [-0.2, 0) is 6.54 Å². The van der Waals surface area contributed by atoms with Crippen molar-refractivity contribution in [3.63, 3.8) is 0 Å². The van der Waals surface area contributed by atoms with Gasteiger partial charge in [0.1, 0.15) is 0 Å². The normalized spacial score (nSPS) is 11.0. The van der Waals surface area contributed by atoms with Crippen molar-refractivity contribution in [3.8, 4) is 0 Å². The molecule has 0 aliphatic carbocycles. The van der Waals surface area contributed by atoms with Gasteiger partial charge in [-0.25, -0.2) is 4.98 Å². The van der Waals surface area contributed by atoms with Crippen LogP contribution in [0.1, 0.15) is 17.3 Å². The molecule has 5 nitrogen and oxygen atoms in total. The van der Waals surface area contributed by atoms with Gasteiger partial charge in [-0.15, -0.1) is 0 Å². The van der Waals surface area contributed by atoms with Crippen LogP contribution < -0.4 is 5.32 Å². The van der Waals surface area contributed by atoms with Crippen LogP contribution in [0.3, 0.4) is 0 Å². The van der Waals surface area contributed by atoms with E-state index in [9.17, 15) is 0 Å². The van der Waals surface area contributed by atoms with Crippen molar-refractivity contribution in [2.75, 3.05) is 5.32 Å². The van der Waals surface area contributed by atoms with Gasteiger partial charge in [0.25, 0.3) is 0 Å². The monoisotopic (exact) mass is 260 g/mol. The molecule has 6 heteroatoms. The Labute approximate surface area is 108 Å². The van der Waals surface area contributed by atoms with Gasteiger partial charge >= 0.3 is 0 Å². The van der Waals surface area contributed by atoms with Crippen molar-refractivity contribution < 1.29 is 4.52 Å². The summed E-state index contributed by atoms with van der Waals surface area (Å²) < 4.78 is 6.09. The number of aryl methyl sites for hydroxylation is 2. The number of aromatic nitrogens is 3. The zero-order valence-corrected chi connectivity index (χ0v) is 10.9. The van der Waals surface area contributed by atoms with E-state index in [0.717, 1.165) is 10.6 Å². The molecule has 0 saturated carbocycles. The molecule has 1 aromatic carbocycles. The molecule has 3 aromatic rings. The first-order chi connectivity index (χ1) is 8.70. The quantitative estimate of drug-likeness (QED) is 0.784. The lowest BCUT2D eigenvalue weighted by atomic mass is 10.2. The fraction of sp³-hybridized carbons (Fsp3) is 0.250. The summed E-state index contributed by atoms with van der Waals surface area (Å²) in [6, 6.07) is 6.23. The van der Waals surface area contributed by atoms with Gasteiger partial charge in [-0.1, -0.05) is 22.6 Å². The molecule has 0 spiro atoms. The van der Waals surface area contributed by atoms with Gasteiger partial charge in [-0.3, -0.25) is 0 Å². The zero-order valence-electron chi connectivity index (χ0n) is 10.1. The van der Waals surface area contributed by atoms with E-state index in [1.54, 1.807) is 18.3 Å². The summed E-state index contributed by atoms with van der Waals surface area (Å²) in [6.07, 6.45) is 0. The second-order valence-corrected chi connectivity index (χ2v) is 5.10. The van der Waals surface area contributed by atoms with E-state index in [0.29, 0.717) is 18.3 Å². The predicted octanol–water partition coefficient (Wildman–Crippen LogP) is 2.91. The summed E-state index contributed by atoms with van der Waals surface area (Å²) in [7, 11) is 0. The van der Waals surface area contributed by atoms with E-state index >= 15 is 0 Å². The van der Waals surface area contributed by atoms with Crippen LogP contribution in [0.4, 0.5) is 5.13 Å². The molecule has 2 aromatic heterocycles. The largest absolute Gasteiger partial charge is 0.354 e. The second kappa shape index (κ2) is 4.38. The van der Waals surface area contributed by atoms with E-state index in [1.165, 1.54) is 10.3 Å². The van der Waals surface area contributed by atoms with Crippen LogP contribution in [0.15, 0.2) is 22.7 Å². The van der Waals surface area contributed by atoms with Crippen LogP contribution >= 0.6 is 11.3 Å². The maximum atomic E-state index is 4.91. The number of nitrogens with zero attached hydrogens (tertiary/aromatic N) is 3. The highest BCUT2D eigenvalue weighted by Gasteiger charge is 2.06. The van der Waals surface area contributed by atoms with Gasteiger partial charge in [-0.2, -0.15) is 4.98 Å². The highest BCUT2D eigenvalue weighted by atomic mass is 32.1.